The average molecular weight is 386 g/mol. The number of benzene rings is 2. The van der Waals surface area contributed by atoms with E-state index in [9.17, 15) is 4.79 Å². The lowest BCUT2D eigenvalue weighted by atomic mass is 9.91. The second kappa shape index (κ2) is 7.43. The molecule has 148 valence electrons. The van der Waals surface area contributed by atoms with Gasteiger partial charge in [0.1, 0.15) is 0 Å². The first kappa shape index (κ1) is 18.0. The van der Waals surface area contributed by atoms with Crippen LogP contribution in [0.4, 0.5) is 0 Å². The monoisotopic (exact) mass is 385 g/mol. The molecule has 5 rings (SSSR count). The van der Waals surface area contributed by atoms with Gasteiger partial charge < -0.3 is 14.9 Å². The van der Waals surface area contributed by atoms with Crippen LogP contribution in [0, 0.1) is 0 Å². The Morgan fingerprint density at radius 1 is 1.14 bits per heavy atom. The highest BCUT2D eigenvalue weighted by molar-refractivity contribution is 5.86. The number of H-pyrrole nitrogens is 1. The maximum Gasteiger partial charge on any atom is 0.220 e. The summed E-state index contributed by atoms with van der Waals surface area (Å²) in [4.78, 5) is 16.2. The van der Waals surface area contributed by atoms with E-state index in [0.29, 0.717) is 6.42 Å². The highest BCUT2D eigenvalue weighted by atomic mass is 16.1. The van der Waals surface area contributed by atoms with Crippen LogP contribution in [0.2, 0.25) is 0 Å². The smallest absolute Gasteiger partial charge is 0.220 e. The Labute approximate surface area is 170 Å². The fourth-order valence-corrected chi connectivity index (χ4v) is 4.89. The number of nitrogens with one attached hydrogen (secondary N) is 2. The van der Waals surface area contributed by atoms with Crippen LogP contribution in [0.25, 0.3) is 21.8 Å². The van der Waals surface area contributed by atoms with Crippen LogP contribution in [0.15, 0.2) is 54.7 Å². The molecule has 1 amide bonds. The van der Waals surface area contributed by atoms with Crippen LogP contribution in [0.5, 0.6) is 0 Å². The van der Waals surface area contributed by atoms with Crippen LogP contribution < -0.4 is 5.32 Å². The number of para-hydroxylation sites is 2. The second-order valence-corrected chi connectivity index (χ2v) is 8.21. The number of hydrogen-bond donors (Lipinski definition) is 2. The van der Waals surface area contributed by atoms with Crippen molar-refractivity contribution in [3.63, 3.8) is 0 Å². The summed E-state index contributed by atoms with van der Waals surface area (Å²) in [6.07, 6.45) is 7.77. The van der Waals surface area contributed by atoms with E-state index in [2.05, 4.69) is 76.6 Å². The lowest BCUT2D eigenvalue weighted by molar-refractivity contribution is -0.122. The number of aromatic nitrogens is 2. The Kier molecular flexibility index (Phi) is 4.62. The second-order valence-electron chi connectivity index (χ2n) is 8.21. The molecule has 4 aromatic rings. The minimum absolute atomic E-state index is 0.108. The van der Waals surface area contributed by atoms with Gasteiger partial charge in [0, 0.05) is 47.2 Å². The van der Waals surface area contributed by atoms with Crippen molar-refractivity contribution in [1.29, 1.82) is 0 Å². The lowest BCUT2D eigenvalue weighted by Crippen LogP contribution is -2.30. The van der Waals surface area contributed by atoms with Gasteiger partial charge in [-0.25, -0.2) is 0 Å². The van der Waals surface area contributed by atoms with Crippen LogP contribution in [0.3, 0.4) is 0 Å². The fraction of sp³-hybridized carbons (Fsp3) is 0.320. The Morgan fingerprint density at radius 2 is 1.93 bits per heavy atom. The molecule has 4 nitrogen and oxygen atoms in total. The number of amides is 1. The Balaban J connectivity index is 1.24. The van der Waals surface area contributed by atoms with E-state index in [1.807, 2.05) is 0 Å². The van der Waals surface area contributed by atoms with Gasteiger partial charge in [0.05, 0.1) is 6.04 Å². The Bertz CT molecular complexity index is 1180. The minimum Gasteiger partial charge on any atom is -0.356 e. The summed E-state index contributed by atoms with van der Waals surface area (Å²) >= 11 is 0. The molecule has 29 heavy (non-hydrogen) atoms. The summed E-state index contributed by atoms with van der Waals surface area (Å²) in [7, 11) is 2.08. The number of aromatic amines is 1. The van der Waals surface area contributed by atoms with Gasteiger partial charge in [-0.05, 0) is 55.4 Å². The first-order valence-electron chi connectivity index (χ1n) is 10.6. The third-order valence-electron chi connectivity index (χ3n) is 6.28. The van der Waals surface area contributed by atoms with E-state index < -0.39 is 0 Å². The largest absolute Gasteiger partial charge is 0.356 e. The molecule has 1 aliphatic rings. The van der Waals surface area contributed by atoms with E-state index in [0.717, 1.165) is 32.1 Å². The van der Waals surface area contributed by atoms with E-state index in [-0.39, 0.29) is 11.9 Å². The van der Waals surface area contributed by atoms with Gasteiger partial charge in [0.25, 0.3) is 0 Å². The van der Waals surface area contributed by atoms with Crippen molar-refractivity contribution >= 4 is 27.7 Å². The van der Waals surface area contributed by atoms with Crippen LogP contribution in [-0.4, -0.2) is 15.5 Å². The number of fused-ring (bicyclic) bond motifs is 4. The highest BCUT2D eigenvalue weighted by Gasteiger charge is 2.25. The molecule has 0 aliphatic heterocycles. The molecule has 1 atom stereocenters. The molecule has 0 bridgehead atoms. The van der Waals surface area contributed by atoms with Crippen LogP contribution in [-0.2, 0) is 24.7 Å². The van der Waals surface area contributed by atoms with Gasteiger partial charge in [-0.1, -0.05) is 36.4 Å². The molecule has 0 fully saturated rings. The molecule has 0 spiro atoms. The summed E-state index contributed by atoms with van der Waals surface area (Å²) in [5.41, 5.74) is 6.34. The number of aryl methyl sites for hydroxylation is 3. The van der Waals surface area contributed by atoms with Crippen molar-refractivity contribution in [2.24, 2.45) is 7.05 Å². The zero-order valence-corrected chi connectivity index (χ0v) is 16.9. The summed E-state index contributed by atoms with van der Waals surface area (Å²) in [6.45, 7) is 0. The molecule has 2 aromatic carbocycles. The van der Waals surface area contributed by atoms with Crippen molar-refractivity contribution in [3.05, 3.63) is 71.5 Å². The summed E-state index contributed by atoms with van der Waals surface area (Å²) in [6, 6.07) is 17.0. The van der Waals surface area contributed by atoms with Crippen molar-refractivity contribution in [2.75, 3.05) is 0 Å². The minimum atomic E-state index is 0.108. The molecular formula is C25H27N3O. The fourth-order valence-electron chi connectivity index (χ4n) is 4.89. The molecule has 0 radical (unpaired) electrons. The molecule has 0 unspecified atom stereocenters. The maximum absolute atomic E-state index is 12.7. The van der Waals surface area contributed by atoms with Gasteiger partial charge in [0.15, 0.2) is 0 Å². The van der Waals surface area contributed by atoms with Gasteiger partial charge in [0.2, 0.25) is 5.91 Å². The lowest BCUT2D eigenvalue weighted by Gasteiger charge is -2.24. The van der Waals surface area contributed by atoms with Gasteiger partial charge in [-0.3, -0.25) is 4.79 Å². The third kappa shape index (κ3) is 3.33. The van der Waals surface area contributed by atoms with E-state index in [1.54, 1.807) is 0 Å². The van der Waals surface area contributed by atoms with Crippen molar-refractivity contribution in [3.8, 4) is 0 Å². The molecule has 0 saturated carbocycles. The topological polar surface area (TPSA) is 49.8 Å². The zero-order valence-electron chi connectivity index (χ0n) is 16.9. The molecule has 2 heterocycles. The molecule has 2 N–H and O–H groups in total. The Morgan fingerprint density at radius 3 is 2.83 bits per heavy atom. The third-order valence-corrected chi connectivity index (χ3v) is 6.28. The molecular weight excluding hydrogens is 358 g/mol. The first-order chi connectivity index (χ1) is 14.2. The number of hydrogen-bond acceptors (Lipinski definition) is 1. The van der Waals surface area contributed by atoms with Gasteiger partial charge >= 0.3 is 0 Å². The highest BCUT2D eigenvalue weighted by Crippen LogP contribution is 2.34. The maximum atomic E-state index is 12.7. The van der Waals surface area contributed by atoms with Crippen molar-refractivity contribution in [1.82, 2.24) is 14.9 Å². The normalized spacial score (nSPS) is 16.2. The van der Waals surface area contributed by atoms with E-state index >= 15 is 0 Å². The molecule has 2 aromatic heterocycles. The Hall–Kier alpha value is -3.01. The van der Waals surface area contributed by atoms with Crippen LogP contribution >= 0.6 is 0 Å². The standard InChI is InChI=1S/C25H27N3O/c1-28-16-17(18-9-3-5-14-23(18)28)8-6-15-24(29)26-22-13-7-11-20-19-10-2-4-12-21(19)27-25(20)22/h2-5,9-10,12,14,16,22,27H,6-8,11,13,15H2,1H3,(H,26,29)/t22-/m1/s1. The number of rotatable bonds is 5. The zero-order chi connectivity index (χ0) is 19.8. The number of carbonyl (C=O) groups is 1. The predicted octanol–water partition coefficient (Wildman–Crippen LogP) is 5.18. The summed E-state index contributed by atoms with van der Waals surface area (Å²) in [5.74, 6) is 0.154. The summed E-state index contributed by atoms with van der Waals surface area (Å²) in [5, 5.41) is 5.89. The average Bonchev–Trinajstić information content (AvgIpc) is 3.27. The first-order valence-corrected chi connectivity index (χ1v) is 10.6. The SMILES string of the molecule is Cn1cc(CCCC(=O)N[C@@H]2CCCc3c2[nH]c2ccccc32)c2ccccc21. The van der Waals surface area contributed by atoms with Gasteiger partial charge in [-0.2, -0.15) is 0 Å². The number of nitrogens with zero attached hydrogens (tertiary/aromatic N) is 1. The van der Waals surface area contributed by atoms with Crippen molar-refractivity contribution in [2.45, 2.75) is 44.6 Å². The van der Waals surface area contributed by atoms with Crippen molar-refractivity contribution < 1.29 is 4.79 Å². The summed E-state index contributed by atoms with van der Waals surface area (Å²) < 4.78 is 2.17. The number of carbonyl (C=O) groups excluding carboxylic acids is 1. The van der Waals surface area contributed by atoms with E-state index in [4.69, 9.17) is 0 Å². The molecule has 1 aliphatic carbocycles. The predicted molar refractivity (Wildman–Crippen MR) is 118 cm³/mol. The quantitative estimate of drug-likeness (QED) is 0.489. The molecule has 4 heteroatoms. The van der Waals surface area contributed by atoms with E-state index in [1.165, 1.54) is 38.6 Å². The van der Waals surface area contributed by atoms with Crippen LogP contribution in [0.1, 0.15) is 48.5 Å². The molecule has 0 saturated heterocycles. The van der Waals surface area contributed by atoms with Gasteiger partial charge in [-0.15, -0.1) is 0 Å².